The van der Waals surface area contributed by atoms with Gasteiger partial charge in [-0.05, 0) is 31.2 Å². The largest absolute Gasteiger partial charge is 0.490 e. The summed E-state index contributed by atoms with van der Waals surface area (Å²) >= 11 is 0. The summed E-state index contributed by atoms with van der Waals surface area (Å²) in [6.45, 7) is 8.77. The first-order chi connectivity index (χ1) is 8.69. The maximum atomic E-state index is 13.4. The van der Waals surface area contributed by atoms with Crippen molar-refractivity contribution in [2.24, 2.45) is 5.92 Å². The highest BCUT2D eigenvalue weighted by atomic mass is 19.1. The molecule has 1 aliphatic rings. The van der Waals surface area contributed by atoms with Gasteiger partial charge in [-0.1, -0.05) is 26.8 Å². The van der Waals surface area contributed by atoms with E-state index in [1.807, 2.05) is 13.8 Å². The van der Waals surface area contributed by atoms with Crippen molar-refractivity contribution < 1.29 is 9.13 Å². The predicted molar refractivity (Wildman–Crippen MR) is 73.6 cm³/mol. The van der Waals surface area contributed by atoms with Crippen LogP contribution in [0, 0.1) is 11.7 Å². The molecule has 1 fully saturated rings. The molecule has 0 amide bonds. The summed E-state index contributed by atoms with van der Waals surface area (Å²) in [5, 5.41) is 0. The van der Waals surface area contributed by atoms with Gasteiger partial charge in [-0.3, -0.25) is 0 Å². The average molecular weight is 253 g/mol. The summed E-state index contributed by atoms with van der Waals surface area (Å²) in [6.07, 6.45) is 0.906. The predicted octanol–water partition coefficient (Wildman–Crippen LogP) is 3.35. The van der Waals surface area contributed by atoms with Crippen molar-refractivity contribution in [2.45, 2.75) is 27.2 Å². The lowest BCUT2D eigenvalue weighted by atomic mass is 10.0. The van der Waals surface area contributed by atoms with Crippen LogP contribution in [0.1, 0.15) is 26.3 Å². The van der Waals surface area contributed by atoms with Gasteiger partial charge in [0.05, 0.1) is 6.61 Å². The molecule has 1 aromatic rings. The fourth-order valence-corrected chi connectivity index (χ4v) is 2.02. The van der Waals surface area contributed by atoms with Crippen LogP contribution >= 0.6 is 0 Å². The molecular weight excluding hydrogens is 229 g/mol. The Balaban J connectivity index is 0.000000771. The number of hydrogen-bond donors (Lipinski definition) is 0. The van der Waals surface area contributed by atoms with Crippen LogP contribution in [0.4, 0.5) is 4.39 Å². The van der Waals surface area contributed by atoms with Gasteiger partial charge in [-0.25, -0.2) is 4.39 Å². The van der Waals surface area contributed by atoms with E-state index in [0.29, 0.717) is 18.3 Å². The van der Waals surface area contributed by atoms with Crippen molar-refractivity contribution in [3.05, 3.63) is 29.6 Å². The molecule has 18 heavy (non-hydrogen) atoms. The zero-order valence-corrected chi connectivity index (χ0v) is 11.9. The van der Waals surface area contributed by atoms with Crippen molar-refractivity contribution in [2.75, 3.05) is 26.7 Å². The molecule has 2 rings (SSSR count). The Labute approximate surface area is 110 Å². The lowest BCUT2D eigenvalue weighted by Crippen LogP contribution is -2.46. The fourth-order valence-electron chi connectivity index (χ4n) is 2.02. The number of aryl methyl sites for hydroxylation is 1. The number of benzene rings is 1. The Bertz CT molecular complexity index is 362. The summed E-state index contributed by atoms with van der Waals surface area (Å²) in [4.78, 5) is 2.23. The van der Waals surface area contributed by atoms with E-state index in [9.17, 15) is 4.39 Å². The summed E-state index contributed by atoms with van der Waals surface area (Å²) in [5.74, 6) is 0.688. The van der Waals surface area contributed by atoms with E-state index in [-0.39, 0.29) is 5.82 Å². The summed E-state index contributed by atoms with van der Waals surface area (Å²) in [5.41, 5.74) is 1.11. The first kappa shape index (κ1) is 15.0. The van der Waals surface area contributed by atoms with E-state index in [1.165, 1.54) is 6.07 Å². The molecule has 0 bridgehead atoms. The molecule has 0 N–H and O–H groups in total. The molecule has 0 aliphatic carbocycles. The SMILES string of the molecule is CC.CCc1ccc(F)c(OCC2CN(C)C2)c1. The lowest BCUT2D eigenvalue weighted by molar-refractivity contribution is 0.0840. The summed E-state index contributed by atoms with van der Waals surface area (Å²) < 4.78 is 18.9. The van der Waals surface area contributed by atoms with E-state index in [4.69, 9.17) is 4.74 Å². The van der Waals surface area contributed by atoms with Crippen LogP contribution in [-0.4, -0.2) is 31.6 Å². The molecule has 1 heterocycles. The van der Waals surface area contributed by atoms with Crippen LogP contribution in [0.25, 0.3) is 0 Å². The topological polar surface area (TPSA) is 12.5 Å². The molecule has 102 valence electrons. The highest BCUT2D eigenvalue weighted by Crippen LogP contribution is 2.21. The zero-order chi connectivity index (χ0) is 13.5. The molecule has 0 atom stereocenters. The number of halogens is 1. The van der Waals surface area contributed by atoms with Gasteiger partial charge in [0, 0.05) is 19.0 Å². The first-order valence-electron chi connectivity index (χ1n) is 6.78. The number of hydrogen-bond acceptors (Lipinski definition) is 2. The van der Waals surface area contributed by atoms with Crippen LogP contribution in [0.15, 0.2) is 18.2 Å². The third-order valence-corrected chi connectivity index (χ3v) is 3.02. The molecule has 0 spiro atoms. The Kier molecular flexibility index (Phi) is 6.13. The van der Waals surface area contributed by atoms with E-state index >= 15 is 0 Å². The molecule has 3 heteroatoms. The van der Waals surface area contributed by atoms with Gasteiger partial charge in [0.1, 0.15) is 0 Å². The lowest BCUT2D eigenvalue weighted by Gasteiger charge is -2.35. The van der Waals surface area contributed by atoms with Crippen LogP contribution in [0.2, 0.25) is 0 Å². The fraction of sp³-hybridized carbons (Fsp3) is 0.600. The second-order valence-electron chi connectivity index (χ2n) is 4.52. The number of likely N-dealkylation sites (tertiary alicyclic amines) is 1. The molecular formula is C15H24FNO. The van der Waals surface area contributed by atoms with Crippen molar-refractivity contribution in [3.63, 3.8) is 0 Å². The van der Waals surface area contributed by atoms with Gasteiger partial charge in [-0.15, -0.1) is 0 Å². The number of ether oxygens (including phenoxy) is 1. The third kappa shape index (κ3) is 3.98. The zero-order valence-electron chi connectivity index (χ0n) is 11.9. The Hall–Kier alpha value is -1.09. The van der Waals surface area contributed by atoms with Gasteiger partial charge in [-0.2, -0.15) is 0 Å². The molecule has 0 unspecified atom stereocenters. The van der Waals surface area contributed by atoms with Crippen LogP contribution < -0.4 is 4.74 Å². The molecule has 1 aromatic carbocycles. The number of nitrogens with zero attached hydrogens (tertiary/aromatic N) is 1. The summed E-state index contributed by atoms with van der Waals surface area (Å²) in [7, 11) is 2.08. The quantitative estimate of drug-likeness (QED) is 0.816. The highest BCUT2D eigenvalue weighted by Gasteiger charge is 2.23. The van der Waals surface area contributed by atoms with Gasteiger partial charge in [0.25, 0.3) is 0 Å². The third-order valence-electron chi connectivity index (χ3n) is 3.02. The Morgan fingerprint density at radius 2 is 2.00 bits per heavy atom. The second kappa shape index (κ2) is 7.37. The summed E-state index contributed by atoms with van der Waals surface area (Å²) in [6, 6.07) is 5.10. The van der Waals surface area contributed by atoms with Crippen molar-refractivity contribution in [3.8, 4) is 5.75 Å². The molecule has 0 radical (unpaired) electrons. The normalized spacial score (nSPS) is 15.6. The van der Waals surface area contributed by atoms with Crippen molar-refractivity contribution in [1.82, 2.24) is 4.90 Å². The monoisotopic (exact) mass is 253 g/mol. The van der Waals surface area contributed by atoms with Crippen molar-refractivity contribution >= 4 is 0 Å². The average Bonchev–Trinajstić information content (AvgIpc) is 2.37. The minimum absolute atomic E-state index is 0.259. The van der Waals surface area contributed by atoms with Crippen LogP contribution in [-0.2, 0) is 6.42 Å². The van der Waals surface area contributed by atoms with Crippen LogP contribution in [0.3, 0.4) is 0 Å². The van der Waals surface area contributed by atoms with Gasteiger partial charge in [0.15, 0.2) is 11.6 Å². The molecule has 1 aliphatic heterocycles. The standard InChI is InChI=1S/C13H18FNO.C2H6/c1-3-10-4-5-12(14)13(6-10)16-9-11-7-15(2)8-11;1-2/h4-6,11H,3,7-9H2,1-2H3;1-2H3. The van der Waals surface area contributed by atoms with Crippen molar-refractivity contribution in [1.29, 1.82) is 0 Å². The van der Waals surface area contributed by atoms with Crippen LogP contribution in [0.5, 0.6) is 5.75 Å². The minimum atomic E-state index is -0.259. The maximum absolute atomic E-state index is 13.4. The van der Waals surface area contributed by atoms with E-state index in [1.54, 1.807) is 12.1 Å². The Morgan fingerprint density at radius 3 is 2.56 bits per heavy atom. The Morgan fingerprint density at radius 1 is 1.33 bits per heavy atom. The smallest absolute Gasteiger partial charge is 0.165 e. The molecule has 0 aromatic heterocycles. The maximum Gasteiger partial charge on any atom is 0.165 e. The minimum Gasteiger partial charge on any atom is -0.490 e. The molecule has 1 saturated heterocycles. The van der Waals surface area contributed by atoms with Gasteiger partial charge in [0.2, 0.25) is 0 Å². The van der Waals surface area contributed by atoms with E-state index < -0.39 is 0 Å². The highest BCUT2D eigenvalue weighted by molar-refractivity contribution is 5.30. The van der Waals surface area contributed by atoms with E-state index in [2.05, 4.69) is 18.9 Å². The molecule has 2 nitrogen and oxygen atoms in total. The van der Waals surface area contributed by atoms with Gasteiger partial charge < -0.3 is 9.64 Å². The van der Waals surface area contributed by atoms with Gasteiger partial charge >= 0.3 is 0 Å². The number of rotatable bonds is 4. The molecule has 0 saturated carbocycles. The second-order valence-corrected chi connectivity index (χ2v) is 4.52. The first-order valence-corrected chi connectivity index (χ1v) is 6.78. The van der Waals surface area contributed by atoms with E-state index in [0.717, 1.165) is 25.1 Å².